The highest BCUT2D eigenvalue weighted by Gasteiger charge is 2.21. The van der Waals surface area contributed by atoms with Crippen LogP contribution < -0.4 is 10.6 Å². The minimum absolute atomic E-state index is 0.215. The van der Waals surface area contributed by atoms with Crippen molar-refractivity contribution in [3.05, 3.63) is 45.4 Å². The first-order valence-electron chi connectivity index (χ1n) is 8.28. The molecule has 6 heteroatoms. The number of anilines is 1. The lowest BCUT2D eigenvalue weighted by Gasteiger charge is -2.21. The van der Waals surface area contributed by atoms with Crippen LogP contribution in [-0.2, 0) is 0 Å². The molecule has 5 nitrogen and oxygen atoms in total. The number of amides is 2. The third-order valence-electron chi connectivity index (χ3n) is 3.42. The van der Waals surface area contributed by atoms with Gasteiger partial charge in [0.05, 0.1) is 22.0 Å². The van der Waals surface area contributed by atoms with Crippen LogP contribution in [0.4, 0.5) is 5.69 Å². The minimum Gasteiger partial charge on any atom is -0.347 e. The number of benzene rings is 1. The standard InChI is InChI=1S/C19H25N3O2S/c1-11(2)18-20-12(3)15(25-18)17(24)21-14-10-8-7-9-13(14)16(23)22-19(4,5)6/h7-11H,1-6H3,(H,21,24)(H,22,23). The number of hydrogen-bond donors (Lipinski definition) is 2. The van der Waals surface area contributed by atoms with Gasteiger partial charge < -0.3 is 10.6 Å². The van der Waals surface area contributed by atoms with Gasteiger partial charge in [0.15, 0.2) is 0 Å². The van der Waals surface area contributed by atoms with Crippen molar-refractivity contribution < 1.29 is 9.59 Å². The van der Waals surface area contributed by atoms with E-state index < -0.39 is 0 Å². The van der Waals surface area contributed by atoms with Crippen molar-refractivity contribution in [2.45, 2.75) is 53.0 Å². The van der Waals surface area contributed by atoms with Crippen LogP contribution in [0.2, 0.25) is 0 Å². The number of nitrogens with zero attached hydrogens (tertiary/aromatic N) is 1. The summed E-state index contributed by atoms with van der Waals surface area (Å²) in [5, 5.41) is 6.71. The highest BCUT2D eigenvalue weighted by molar-refractivity contribution is 7.14. The Hall–Kier alpha value is -2.21. The molecule has 2 amide bonds. The Kier molecular flexibility index (Phi) is 5.62. The third kappa shape index (κ3) is 4.89. The largest absolute Gasteiger partial charge is 0.347 e. The molecule has 0 fully saturated rings. The van der Waals surface area contributed by atoms with E-state index in [0.29, 0.717) is 21.8 Å². The van der Waals surface area contributed by atoms with E-state index in [2.05, 4.69) is 15.6 Å². The smallest absolute Gasteiger partial charge is 0.267 e. The molecule has 0 spiro atoms. The summed E-state index contributed by atoms with van der Waals surface area (Å²) >= 11 is 1.40. The Morgan fingerprint density at radius 3 is 2.32 bits per heavy atom. The summed E-state index contributed by atoms with van der Waals surface area (Å²) < 4.78 is 0. The Morgan fingerprint density at radius 2 is 1.76 bits per heavy atom. The van der Waals surface area contributed by atoms with Gasteiger partial charge >= 0.3 is 0 Å². The molecule has 134 valence electrons. The average Bonchev–Trinajstić information content (AvgIpc) is 2.88. The maximum absolute atomic E-state index is 12.7. The fraction of sp³-hybridized carbons (Fsp3) is 0.421. The van der Waals surface area contributed by atoms with E-state index in [4.69, 9.17) is 0 Å². The fourth-order valence-electron chi connectivity index (χ4n) is 2.25. The fourth-order valence-corrected chi connectivity index (χ4v) is 3.22. The van der Waals surface area contributed by atoms with Gasteiger partial charge in [-0.05, 0) is 39.8 Å². The van der Waals surface area contributed by atoms with Gasteiger partial charge in [0, 0.05) is 11.5 Å². The van der Waals surface area contributed by atoms with Gasteiger partial charge in [-0.3, -0.25) is 9.59 Å². The number of carbonyl (C=O) groups excluding carboxylic acids is 2. The number of aromatic nitrogens is 1. The predicted octanol–water partition coefficient (Wildman–Crippen LogP) is 4.36. The molecule has 1 heterocycles. The van der Waals surface area contributed by atoms with E-state index in [1.165, 1.54) is 11.3 Å². The van der Waals surface area contributed by atoms with Gasteiger partial charge in [0.25, 0.3) is 11.8 Å². The van der Waals surface area contributed by atoms with E-state index in [9.17, 15) is 9.59 Å². The molecule has 0 aliphatic heterocycles. The van der Waals surface area contributed by atoms with Crippen molar-refractivity contribution in [3.8, 4) is 0 Å². The number of nitrogens with one attached hydrogen (secondary N) is 2. The van der Waals surface area contributed by atoms with E-state index in [1.807, 2.05) is 41.5 Å². The molecule has 0 bridgehead atoms. The zero-order chi connectivity index (χ0) is 18.8. The second kappa shape index (κ2) is 7.35. The van der Waals surface area contributed by atoms with Crippen molar-refractivity contribution >= 4 is 28.8 Å². The second-order valence-corrected chi connectivity index (χ2v) is 8.36. The zero-order valence-electron chi connectivity index (χ0n) is 15.6. The summed E-state index contributed by atoms with van der Waals surface area (Å²) in [6.45, 7) is 11.7. The molecule has 0 atom stereocenters. The maximum Gasteiger partial charge on any atom is 0.267 e. The highest BCUT2D eigenvalue weighted by atomic mass is 32.1. The number of thiazole rings is 1. The van der Waals surface area contributed by atoms with Gasteiger partial charge in [-0.2, -0.15) is 0 Å². The summed E-state index contributed by atoms with van der Waals surface area (Å²) in [6.07, 6.45) is 0. The summed E-state index contributed by atoms with van der Waals surface area (Å²) in [4.78, 5) is 30.2. The minimum atomic E-state index is -0.353. The molecule has 1 aromatic heterocycles. The normalized spacial score (nSPS) is 11.5. The topological polar surface area (TPSA) is 71.1 Å². The molecule has 0 radical (unpaired) electrons. The van der Waals surface area contributed by atoms with Gasteiger partial charge in [-0.25, -0.2) is 4.98 Å². The predicted molar refractivity (Wildman–Crippen MR) is 103 cm³/mol. The second-order valence-electron chi connectivity index (χ2n) is 7.33. The molecule has 2 rings (SSSR count). The lowest BCUT2D eigenvalue weighted by Crippen LogP contribution is -2.40. The summed E-state index contributed by atoms with van der Waals surface area (Å²) in [7, 11) is 0. The SMILES string of the molecule is Cc1nc(C(C)C)sc1C(=O)Nc1ccccc1C(=O)NC(C)(C)C. The number of para-hydroxylation sites is 1. The van der Waals surface area contributed by atoms with E-state index >= 15 is 0 Å². The van der Waals surface area contributed by atoms with Gasteiger partial charge in [0.2, 0.25) is 0 Å². The Balaban J connectivity index is 2.26. The molecule has 0 aliphatic carbocycles. The molecule has 2 N–H and O–H groups in total. The van der Waals surface area contributed by atoms with Crippen molar-refractivity contribution in [2.24, 2.45) is 0 Å². The number of hydrogen-bond acceptors (Lipinski definition) is 4. The Bertz CT molecular complexity index is 788. The van der Waals surface area contributed by atoms with Crippen LogP contribution in [0.3, 0.4) is 0 Å². The van der Waals surface area contributed by atoms with Crippen LogP contribution in [0.25, 0.3) is 0 Å². The van der Waals surface area contributed by atoms with Crippen molar-refractivity contribution in [1.29, 1.82) is 0 Å². The lowest BCUT2D eigenvalue weighted by molar-refractivity contribution is 0.0920. The number of rotatable bonds is 4. The average molecular weight is 359 g/mol. The van der Waals surface area contributed by atoms with E-state index in [1.54, 1.807) is 24.3 Å². The first kappa shape index (κ1) is 19.1. The number of aryl methyl sites for hydroxylation is 1. The molecular weight excluding hydrogens is 334 g/mol. The summed E-state index contributed by atoms with van der Waals surface area (Å²) in [5.74, 6) is -0.180. The van der Waals surface area contributed by atoms with Crippen LogP contribution in [0.15, 0.2) is 24.3 Å². The van der Waals surface area contributed by atoms with Crippen LogP contribution in [0, 0.1) is 6.92 Å². The van der Waals surface area contributed by atoms with Gasteiger partial charge in [-0.1, -0.05) is 26.0 Å². The first-order valence-corrected chi connectivity index (χ1v) is 9.10. The molecule has 0 saturated carbocycles. The molecular formula is C19H25N3O2S. The Labute approximate surface area is 152 Å². The molecule has 2 aromatic rings. The maximum atomic E-state index is 12.7. The van der Waals surface area contributed by atoms with Crippen LogP contribution in [0.1, 0.15) is 71.3 Å². The van der Waals surface area contributed by atoms with Crippen molar-refractivity contribution in [2.75, 3.05) is 5.32 Å². The molecule has 25 heavy (non-hydrogen) atoms. The van der Waals surface area contributed by atoms with Crippen LogP contribution >= 0.6 is 11.3 Å². The molecule has 0 aliphatic rings. The molecule has 0 unspecified atom stereocenters. The third-order valence-corrected chi connectivity index (χ3v) is 4.88. The van der Waals surface area contributed by atoms with Gasteiger partial charge in [-0.15, -0.1) is 11.3 Å². The summed E-state index contributed by atoms with van der Waals surface area (Å²) in [5.41, 5.74) is 1.29. The first-order chi connectivity index (χ1) is 11.6. The Morgan fingerprint density at radius 1 is 1.12 bits per heavy atom. The van der Waals surface area contributed by atoms with Crippen LogP contribution in [0.5, 0.6) is 0 Å². The number of carbonyl (C=O) groups is 2. The molecule has 1 aromatic carbocycles. The molecule has 0 saturated heterocycles. The lowest BCUT2D eigenvalue weighted by atomic mass is 10.1. The van der Waals surface area contributed by atoms with E-state index in [-0.39, 0.29) is 23.3 Å². The summed E-state index contributed by atoms with van der Waals surface area (Å²) in [6, 6.07) is 7.01. The van der Waals surface area contributed by atoms with E-state index in [0.717, 1.165) is 5.01 Å². The quantitative estimate of drug-likeness (QED) is 0.852. The monoisotopic (exact) mass is 359 g/mol. The van der Waals surface area contributed by atoms with Crippen molar-refractivity contribution in [3.63, 3.8) is 0 Å². The van der Waals surface area contributed by atoms with Crippen molar-refractivity contribution in [1.82, 2.24) is 10.3 Å². The van der Waals surface area contributed by atoms with Crippen LogP contribution in [-0.4, -0.2) is 22.3 Å². The highest BCUT2D eigenvalue weighted by Crippen LogP contribution is 2.26. The van der Waals surface area contributed by atoms with Gasteiger partial charge in [0.1, 0.15) is 4.88 Å². The zero-order valence-corrected chi connectivity index (χ0v) is 16.4.